The molecule has 2 aliphatic rings. The molecule has 2 aromatic carbocycles. The molecule has 3 aromatic rings. The number of imide groups is 1. The average molecular weight is 462 g/mol. The number of para-hydroxylation sites is 2. The van der Waals surface area contributed by atoms with Crippen LogP contribution in [0.2, 0.25) is 0 Å². The Bertz CT molecular complexity index is 1330. The number of fused-ring (bicyclic) bond motifs is 1. The molecule has 3 heterocycles. The number of imidazole rings is 1. The molecule has 1 aromatic heterocycles. The number of amides is 4. The minimum Gasteiger partial charge on any atom is -0.341 e. The summed E-state index contributed by atoms with van der Waals surface area (Å²) in [6, 6.07) is 14.4. The zero-order valence-electron chi connectivity index (χ0n) is 19.2. The maximum atomic E-state index is 13.1. The number of nitrogens with zero attached hydrogens (tertiary/aromatic N) is 3. The van der Waals surface area contributed by atoms with Crippen LogP contribution in [0.15, 0.2) is 53.3 Å². The normalized spacial score (nSPS) is 21.4. The maximum Gasteiger partial charge on any atom is 0.326 e. The van der Waals surface area contributed by atoms with Crippen LogP contribution in [0.3, 0.4) is 0 Å². The number of nitrogens with one attached hydrogen (secondary N) is 2. The molecule has 2 fully saturated rings. The van der Waals surface area contributed by atoms with Gasteiger partial charge in [-0.3, -0.25) is 19.1 Å². The Labute approximate surface area is 196 Å². The number of piperidine rings is 1. The topological polar surface area (TPSA) is 108 Å². The third kappa shape index (κ3) is 3.57. The molecule has 2 saturated heterocycles. The van der Waals surface area contributed by atoms with Gasteiger partial charge in [0.15, 0.2) is 0 Å². The second-order valence-corrected chi connectivity index (χ2v) is 9.24. The molecule has 1 atom stereocenters. The summed E-state index contributed by atoms with van der Waals surface area (Å²) >= 11 is 0. The first-order chi connectivity index (χ1) is 16.3. The van der Waals surface area contributed by atoms with Gasteiger partial charge in [-0.2, -0.15) is 0 Å². The van der Waals surface area contributed by atoms with E-state index in [9.17, 15) is 19.2 Å². The fourth-order valence-electron chi connectivity index (χ4n) is 4.97. The third-order valence-corrected chi connectivity index (χ3v) is 7.00. The van der Waals surface area contributed by atoms with Crippen LogP contribution in [-0.4, -0.2) is 56.8 Å². The Morgan fingerprint density at radius 2 is 1.71 bits per heavy atom. The Morgan fingerprint density at radius 1 is 1.03 bits per heavy atom. The summed E-state index contributed by atoms with van der Waals surface area (Å²) in [4.78, 5) is 56.8. The van der Waals surface area contributed by atoms with Gasteiger partial charge in [-0.25, -0.2) is 9.59 Å². The molecule has 0 spiro atoms. The first-order valence-corrected chi connectivity index (χ1v) is 11.5. The largest absolute Gasteiger partial charge is 0.341 e. The molecule has 34 heavy (non-hydrogen) atoms. The van der Waals surface area contributed by atoms with Gasteiger partial charge in [0.1, 0.15) is 12.1 Å². The van der Waals surface area contributed by atoms with Crippen molar-refractivity contribution in [1.82, 2.24) is 24.7 Å². The second kappa shape index (κ2) is 8.16. The van der Waals surface area contributed by atoms with Crippen molar-refractivity contribution in [3.8, 4) is 0 Å². The van der Waals surface area contributed by atoms with Gasteiger partial charge in [-0.05, 0) is 44.4 Å². The molecule has 9 heteroatoms. The molecule has 4 amide bonds. The van der Waals surface area contributed by atoms with Crippen LogP contribution in [0.25, 0.3) is 11.0 Å². The summed E-state index contributed by atoms with van der Waals surface area (Å²) < 4.78 is 1.77. The SMILES string of the molecule is Cc1ccc([C@]2(C)NC(=O)N(CC(=O)N3CCC(n4c(=O)[nH]c5ccccc54)CC3)C2=O)cc1. The van der Waals surface area contributed by atoms with Crippen LogP contribution in [0.5, 0.6) is 0 Å². The van der Waals surface area contributed by atoms with Crippen LogP contribution < -0.4 is 11.0 Å². The van der Waals surface area contributed by atoms with Gasteiger partial charge >= 0.3 is 11.7 Å². The number of likely N-dealkylation sites (tertiary alicyclic amines) is 1. The van der Waals surface area contributed by atoms with Crippen LogP contribution in [0.4, 0.5) is 4.79 Å². The predicted octanol–water partition coefficient (Wildman–Crippen LogP) is 2.27. The van der Waals surface area contributed by atoms with E-state index in [-0.39, 0.29) is 24.2 Å². The van der Waals surface area contributed by atoms with Gasteiger partial charge in [0, 0.05) is 19.1 Å². The Morgan fingerprint density at radius 3 is 2.41 bits per heavy atom. The van der Waals surface area contributed by atoms with Gasteiger partial charge < -0.3 is 15.2 Å². The predicted molar refractivity (Wildman–Crippen MR) is 126 cm³/mol. The number of carbonyl (C=O) groups excluding carboxylic acids is 3. The first-order valence-electron chi connectivity index (χ1n) is 11.5. The molecular weight excluding hydrogens is 434 g/mol. The fourth-order valence-corrected chi connectivity index (χ4v) is 4.97. The highest BCUT2D eigenvalue weighted by Crippen LogP contribution is 2.30. The van der Waals surface area contributed by atoms with Gasteiger partial charge in [0.05, 0.1) is 11.0 Å². The molecule has 5 rings (SSSR count). The van der Waals surface area contributed by atoms with Gasteiger partial charge in [0.2, 0.25) is 5.91 Å². The minimum atomic E-state index is -1.20. The summed E-state index contributed by atoms with van der Waals surface area (Å²) in [6.07, 6.45) is 1.24. The summed E-state index contributed by atoms with van der Waals surface area (Å²) in [7, 11) is 0. The summed E-state index contributed by atoms with van der Waals surface area (Å²) in [5, 5.41) is 2.75. The van der Waals surface area contributed by atoms with E-state index in [1.165, 1.54) is 0 Å². The van der Waals surface area contributed by atoms with Crippen molar-refractivity contribution >= 4 is 28.9 Å². The Hall–Kier alpha value is -3.88. The van der Waals surface area contributed by atoms with Crippen molar-refractivity contribution in [2.75, 3.05) is 19.6 Å². The smallest absolute Gasteiger partial charge is 0.326 e. The number of aromatic amines is 1. The number of hydrogen-bond acceptors (Lipinski definition) is 4. The summed E-state index contributed by atoms with van der Waals surface area (Å²) in [5.41, 5.74) is 2.02. The quantitative estimate of drug-likeness (QED) is 0.581. The average Bonchev–Trinajstić information content (AvgIpc) is 3.28. The van der Waals surface area contributed by atoms with E-state index in [4.69, 9.17) is 0 Å². The van der Waals surface area contributed by atoms with Gasteiger partial charge in [0.25, 0.3) is 5.91 Å². The minimum absolute atomic E-state index is 0.0192. The molecule has 2 N–H and O–H groups in total. The third-order valence-electron chi connectivity index (χ3n) is 7.00. The molecule has 176 valence electrons. The standard InChI is InChI=1S/C25H27N5O4/c1-16-7-9-17(10-8-16)25(2)22(32)29(24(34)27-25)15-21(31)28-13-11-18(12-14-28)30-20-6-4-3-5-19(20)26-23(30)33/h3-10,18H,11-15H2,1-2H3,(H,26,33)(H,27,34)/t25-/m0/s1. The molecule has 0 bridgehead atoms. The van der Waals surface area contributed by atoms with Crippen molar-refractivity contribution in [2.24, 2.45) is 0 Å². The fraction of sp³-hybridized carbons (Fsp3) is 0.360. The van der Waals surface area contributed by atoms with Crippen LogP contribution in [0, 0.1) is 6.92 Å². The van der Waals surface area contributed by atoms with E-state index < -0.39 is 17.5 Å². The summed E-state index contributed by atoms with van der Waals surface area (Å²) in [6.45, 7) is 4.21. The monoisotopic (exact) mass is 461 g/mol. The van der Waals surface area contributed by atoms with Gasteiger partial charge in [-0.1, -0.05) is 42.0 Å². The Kier molecular flexibility index (Phi) is 5.27. The number of aryl methyl sites for hydroxylation is 1. The lowest BCUT2D eigenvalue weighted by Gasteiger charge is -2.33. The van der Waals surface area contributed by atoms with Gasteiger partial charge in [-0.15, -0.1) is 0 Å². The molecule has 0 aliphatic carbocycles. The van der Waals surface area contributed by atoms with Crippen molar-refractivity contribution < 1.29 is 14.4 Å². The molecule has 0 unspecified atom stereocenters. The van der Waals surface area contributed by atoms with E-state index in [1.807, 2.05) is 55.5 Å². The highest BCUT2D eigenvalue weighted by atomic mass is 16.2. The lowest BCUT2D eigenvalue weighted by molar-refractivity contribution is -0.139. The summed E-state index contributed by atoms with van der Waals surface area (Å²) in [5.74, 6) is -0.712. The number of aromatic nitrogens is 2. The number of urea groups is 1. The van der Waals surface area contributed by atoms with E-state index in [2.05, 4.69) is 10.3 Å². The zero-order chi connectivity index (χ0) is 24.0. The van der Waals surface area contributed by atoms with Crippen molar-refractivity contribution in [1.29, 1.82) is 0 Å². The molecule has 0 radical (unpaired) electrons. The molecular formula is C25H27N5O4. The van der Waals surface area contributed by atoms with E-state index in [0.717, 1.165) is 21.5 Å². The highest BCUT2D eigenvalue weighted by Gasteiger charge is 2.49. The second-order valence-electron chi connectivity index (χ2n) is 9.24. The lowest BCUT2D eigenvalue weighted by Crippen LogP contribution is -2.47. The lowest BCUT2D eigenvalue weighted by atomic mass is 9.91. The number of hydrogen-bond donors (Lipinski definition) is 2. The van der Waals surface area contributed by atoms with E-state index >= 15 is 0 Å². The first kappa shape index (κ1) is 21.9. The number of carbonyl (C=O) groups is 3. The molecule has 0 saturated carbocycles. The number of benzene rings is 2. The van der Waals surface area contributed by atoms with Crippen LogP contribution >= 0.6 is 0 Å². The van der Waals surface area contributed by atoms with Crippen molar-refractivity contribution in [2.45, 2.75) is 38.3 Å². The number of rotatable bonds is 4. The van der Waals surface area contributed by atoms with Crippen molar-refractivity contribution in [3.05, 3.63) is 70.1 Å². The zero-order valence-corrected chi connectivity index (χ0v) is 19.2. The highest BCUT2D eigenvalue weighted by molar-refractivity contribution is 6.09. The van der Waals surface area contributed by atoms with E-state index in [0.29, 0.717) is 31.5 Å². The number of H-pyrrole nitrogens is 1. The maximum absolute atomic E-state index is 13.1. The van der Waals surface area contributed by atoms with E-state index in [1.54, 1.807) is 16.4 Å². The molecule has 9 nitrogen and oxygen atoms in total. The van der Waals surface area contributed by atoms with Crippen molar-refractivity contribution in [3.63, 3.8) is 0 Å². The van der Waals surface area contributed by atoms with Crippen LogP contribution in [-0.2, 0) is 15.1 Å². The Balaban J connectivity index is 1.25. The molecule has 2 aliphatic heterocycles. The van der Waals surface area contributed by atoms with Crippen LogP contribution in [0.1, 0.15) is 36.9 Å².